The summed E-state index contributed by atoms with van der Waals surface area (Å²) in [4.78, 5) is 13.6. The summed E-state index contributed by atoms with van der Waals surface area (Å²) >= 11 is 0. The van der Waals surface area contributed by atoms with Crippen molar-refractivity contribution < 1.29 is 9.90 Å². The van der Waals surface area contributed by atoms with Crippen LogP contribution in [0.4, 0.5) is 0 Å². The van der Waals surface area contributed by atoms with Crippen LogP contribution in [0.25, 0.3) is 0 Å². The second-order valence-corrected chi connectivity index (χ2v) is 6.83. The van der Waals surface area contributed by atoms with E-state index in [2.05, 4.69) is 56.9 Å². The molecular formula is C18H27NO2. The minimum atomic E-state index is -0.658. The van der Waals surface area contributed by atoms with Gasteiger partial charge in [0.1, 0.15) is 0 Å². The maximum absolute atomic E-state index is 11.3. The van der Waals surface area contributed by atoms with Crippen molar-refractivity contribution in [2.75, 3.05) is 13.1 Å². The summed E-state index contributed by atoms with van der Waals surface area (Å²) < 4.78 is 0. The first-order chi connectivity index (χ1) is 9.88. The number of nitrogens with zero attached hydrogens (tertiary/aromatic N) is 1. The monoisotopic (exact) mass is 289 g/mol. The van der Waals surface area contributed by atoms with Crippen LogP contribution in [0.5, 0.6) is 0 Å². The number of carboxylic acid groups (broad SMARTS) is 1. The summed E-state index contributed by atoms with van der Waals surface area (Å²) in [6.45, 7) is 10.4. The Bertz CT molecular complexity index is 480. The lowest BCUT2D eigenvalue weighted by Gasteiger charge is -2.38. The molecule has 116 valence electrons. The van der Waals surface area contributed by atoms with Crippen LogP contribution in [0.2, 0.25) is 0 Å². The zero-order valence-corrected chi connectivity index (χ0v) is 13.5. The van der Waals surface area contributed by atoms with Crippen molar-refractivity contribution in [3.8, 4) is 0 Å². The van der Waals surface area contributed by atoms with E-state index in [0.717, 1.165) is 13.0 Å². The van der Waals surface area contributed by atoms with Gasteiger partial charge in [-0.3, -0.25) is 9.69 Å². The van der Waals surface area contributed by atoms with Crippen molar-refractivity contribution in [1.82, 2.24) is 4.90 Å². The van der Waals surface area contributed by atoms with Crippen LogP contribution in [0, 0.1) is 11.8 Å². The predicted molar refractivity (Wildman–Crippen MR) is 85.4 cm³/mol. The Morgan fingerprint density at radius 3 is 2.24 bits per heavy atom. The molecular weight excluding hydrogens is 262 g/mol. The molecule has 1 aromatic carbocycles. The number of piperidine rings is 1. The molecule has 2 rings (SSSR count). The van der Waals surface area contributed by atoms with E-state index in [9.17, 15) is 9.90 Å². The summed E-state index contributed by atoms with van der Waals surface area (Å²) in [5.74, 6) is 0.0954. The maximum Gasteiger partial charge on any atom is 0.307 e. The zero-order valence-electron chi connectivity index (χ0n) is 13.5. The lowest BCUT2D eigenvalue weighted by Crippen LogP contribution is -2.43. The van der Waals surface area contributed by atoms with Gasteiger partial charge in [-0.2, -0.15) is 0 Å². The van der Waals surface area contributed by atoms with Crippen LogP contribution in [0.3, 0.4) is 0 Å². The molecule has 21 heavy (non-hydrogen) atoms. The molecule has 0 radical (unpaired) electrons. The molecule has 3 unspecified atom stereocenters. The standard InChI is InChI=1S/C18H27NO2/c1-12(2)15-5-7-16(8-6-15)14(4)19-10-13(3)9-17(11-19)18(20)21/h5-8,12-14,17H,9-11H2,1-4H3,(H,20,21). The Morgan fingerprint density at radius 1 is 1.14 bits per heavy atom. The van der Waals surface area contributed by atoms with Gasteiger partial charge in [0, 0.05) is 19.1 Å². The Balaban J connectivity index is 2.11. The van der Waals surface area contributed by atoms with Crippen LogP contribution in [0.15, 0.2) is 24.3 Å². The molecule has 0 aromatic heterocycles. The van der Waals surface area contributed by atoms with Gasteiger partial charge in [-0.15, -0.1) is 0 Å². The summed E-state index contributed by atoms with van der Waals surface area (Å²) in [5, 5.41) is 9.30. The average molecular weight is 289 g/mol. The smallest absolute Gasteiger partial charge is 0.307 e. The SMILES string of the molecule is CC1CC(C(=O)O)CN(C(C)c2ccc(C(C)C)cc2)C1. The van der Waals surface area contributed by atoms with Crippen LogP contribution in [-0.2, 0) is 4.79 Å². The third-order valence-corrected chi connectivity index (χ3v) is 4.67. The minimum absolute atomic E-state index is 0.230. The molecule has 0 spiro atoms. The van der Waals surface area contributed by atoms with E-state index in [1.165, 1.54) is 11.1 Å². The van der Waals surface area contributed by atoms with Crippen LogP contribution < -0.4 is 0 Å². The number of carbonyl (C=O) groups is 1. The van der Waals surface area contributed by atoms with E-state index in [1.807, 2.05) is 0 Å². The molecule has 3 heteroatoms. The van der Waals surface area contributed by atoms with Gasteiger partial charge in [0.15, 0.2) is 0 Å². The Labute approximate surface area is 128 Å². The molecule has 1 fully saturated rings. The average Bonchev–Trinajstić information content (AvgIpc) is 2.45. The van der Waals surface area contributed by atoms with Crippen molar-refractivity contribution in [3.63, 3.8) is 0 Å². The van der Waals surface area contributed by atoms with E-state index in [1.54, 1.807) is 0 Å². The molecule has 0 saturated carbocycles. The van der Waals surface area contributed by atoms with Crippen LogP contribution in [-0.4, -0.2) is 29.1 Å². The van der Waals surface area contributed by atoms with Crippen LogP contribution >= 0.6 is 0 Å². The number of likely N-dealkylation sites (tertiary alicyclic amines) is 1. The van der Waals surface area contributed by atoms with Crippen molar-refractivity contribution in [3.05, 3.63) is 35.4 Å². The highest BCUT2D eigenvalue weighted by atomic mass is 16.4. The largest absolute Gasteiger partial charge is 0.481 e. The van der Waals surface area contributed by atoms with Crippen molar-refractivity contribution in [1.29, 1.82) is 0 Å². The highest BCUT2D eigenvalue weighted by Gasteiger charge is 2.31. The molecule has 1 aliphatic heterocycles. The second kappa shape index (κ2) is 6.61. The molecule has 0 bridgehead atoms. The summed E-state index contributed by atoms with van der Waals surface area (Å²) in [6.07, 6.45) is 0.796. The topological polar surface area (TPSA) is 40.5 Å². The lowest BCUT2D eigenvalue weighted by atomic mass is 9.88. The molecule has 1 saturated heterocycles. The highest BCUT2D eigenvalue weighted by Crippen LogP contribution is 2.30. The molecule has 1 heterocycles. The molecule has 1 aliphatic rings. The fourth-order valence-corrected chi connectivity index (χ4v) is 3.26. The Kier molecular flexibility index (Phi) is 5.04. The molecule has 0 aliphatic carbocycles. The fraction of sp³-hybridized carbons (Fsp3) is 0.611. The van der Waals surface area contributed by atoms with Gasteiger partial charge in [0.05, 0.1) is 5.92 Å². The van der Waals surface area contributed by atoms with Crippen molar-refractivity contribution in [2.24, 2.45) is 11.8 Å². The van der Waals surface area contributed by atoms with Crippen molar-refractivity contribution in [2.45, 2.75) is 46.1 Å². The molecule has 3 nitrogen and oxygen atoms in total. The van der Waals surface area contributed by atoms with Gasteiger partial charge in [-0.05, 0) is 36.3 Å². The zero-order chi connectivity index (χ0) is 15.6. The molecule has 3 atom stereocenters. The third-order valence-electron chi connectivity index (χ3n) is 4.67. The van der Waals surface area contributed by atoms with E-state index in [-0.39, 0.29) is 12.0 Å². The normalized spacial score (nSPS) is 25.0. The van der Waals surface area contributed by atoms with E-state index in [4.69, 9.17) is 0 Å². The maximum atomic E-state index is 11.3. The molecule has 0 amide bonds. The van der Waals surface area contributed by atoms with Crippen LogP contribution in [0.1, 0.15) is 57.2 Å². The van der Waals surface area contributed by atoms with Gasteiger partial charge < -0.3 is 5.11 Å². The minimum Gasteiger partial charge on any atom is -0.481 e. The van der Waals surface area contributed by atoms with E-state index >= 15 is 0 Å². The lowest BCUT2D eigenvalue weighted by molar-refractivity contribution is -0.144. The summed E-state index contributed by atoms with van der Waals surface area (Å²) in [7, 11) is 0. The number of benzene rings is 1. The van der Waals surface area contributed by atoms with Gasteiger partial charge >= 0.3 is 5.97 Å². The van der Waals surface area contributed by atoms with Gasteiger partial charge in [-0.1, -0.05) is 45.0 Å². The van der Waals surface area contributed by atoms with Gasteiger partial charge in [-0.25, -0.2) is 0 Å². The fourth-order valence-electron chi connectivity index (χ4n) is 3.26. The first-order valence-corrected chi connectivity index (χ1v) is 7.95. The predicted octanol–water partition coefficient (Wildman–Crippen LogP) is 3.91. The summed E-state index contributed by atoms with van der Waals surface area (Å²) in [5.41, 5.74) is 2.62. The molecule has 1 N–H and O–H groups in total. The number of rotatable bonds is 4. The van der Waals surface area contributed by atoms with Gasteiger partial charge in [0.25, 0.3) is 0 Å². The van der Waals surface area contributed by atoms with Crippen molar-refractivity contribution >= 4 is 5.97 Å². The molecule has 1 aromatic rings. The first kappa shape index (κ1) is 16.0. The third kappa shape index (κ3) is 3.85. The first-order valence-electron chi connectivity index (χ1n) is 7.95. The van der Waals surface area contributed by atoms with E-state index < -0.39 is 5.97 Å². The quantitative estimate of drug-likeness (QED) is 0.913. The number of hydrogen-bond acceptors (Lipinski definition) is 2. The second-order valence-electron chi connectivity index (χ2n) is 6.83. The highest BCUT2D eigenvalue weighted by molar-refractivity contribution is 5.70. The number of aliphatic carboxylic acids is 1. The van der Waals surface area contributed by atoms with Gasteiger partial charge in [0.2, 0.25) is 0 Å². The summed E-state index contributed by atoms with van der Waals surface area (Å²) in [6, 6.07) is 9.04. The Hall–Kier alpha value is -1.35. The number of carboxylic acids is 1. The number of hydrogen-bond donors (Lipinski definition) is 1. The Morgan fingerprint density at radius 2 is 1.71 bits per heavy atom. The van der Waals surface area contributed by atoms with E-state index in [0.29, 0.717) is 18.4 Å².